The molecule has 1 aromatic rings. The molecule has 0 unspecified atom stereocenters. The van der Waals surface area contributed by atoms with Gasteiger partial charge in [0.1, 0.15) is 5.75 Å². The highest BCUT2D eigenvalue weighted by Crippen LogP contribution is 2.30. The number of carboxylic acids is 1. The lowest BCUT2D eigenvalue weighted by molar-refractivity contribution is -0.0503. The van der Waals surface area contributed by atoms with Crippen molar-refractivity contribution in [3.05, 3.63) is 28.3 Å². The molecular weight excluding hydrogens is 309 g/mol. The number of carbonyl (C=O) groups is 1. The highest BCUT2D eigenvalue weighted by molar-refractivity contribution is 9.08. The van der Waals surface area contributed by atoms with E-state index < -0.39 is 12.6 Å². The van der Waals surface area contributed by atoms with Gasteiger partial charge in [-0.25, -0.2) is 4.79 Å². The summed E-state index contributed by atoms with van der Waals surface area (Å²) in [5, 5.41) is 8.81. The molecule has 0 amide bonds. The molecule has 0 saturated heterocycles. The summed E-state index contributed by atoms with van der Waals surface area (Å²) >= 11 is 8.66. The Morgan fingerprint density at radius 3 is 2.62 bits per heavy atom. The maximum absolute atomic E-state index is 12.0. The largest absolute Gasteiger partial charge is 0.478 e. The van der Waals surface area contributed by atoms with E-state index in [2.05, 4.69) is 20.7 Å². The van der Waals surface area contributed by atoms with Gasteiger partial charge in [-0.15, -0.1) is 0 Å². The monoisotopic (exact) mass is 314 g/mol. The zero-order valence-corrected chi connectivity index (χ0v) is 10.1. The third-order valence-electron chi connectivity index (χ3n) is 1.74. The second-order valence-corrected chi connectivity index (χ2v) is 3.72. The number of ether oxygens (including phenoxy) is 1. The Bertz CT molecular complexity index is 412. The number of hydrogen-bond acceptors (Lipinski definition) is 2. The van der Waals surface area contributed by atoms with Crippen molar-refractivity contribution in [3.8, 4) is 5.75 Å². The van der Waals surface area contributed by atoms with Gasteiger partial charge < -0.3 is 9.84 Å². The molecule has 0 heterocycles. The minimum absolute atomic E-state index is 0.137. The molecule has 0 fully saturated rings. The molecule has 0 saturated carbocycles. The van der Waals surface area contributed by atoms with Gasteiger partial charge in [-0.3, -0.25) is 0 Å². The summed E-state index contributed by atoms with van der Waals surface area (Å²) in [6, 6.07) is 2.25. The lowest BCUT2D eigenvalue weighted by Crippen LogP contribution is -2.06. The Balaban J connectivity index is 3.21. The molecule has 0 aromatic heterocycles. The molecule has 0 atom stereocenters. The van der Waals surface area contributed by atoms with Crippen molar-refractivity contribution in [1.82, 2.24) is 0 Å². The van der Waals surface area contributed by atoms with E-state index in [-0.39, 0.29) is 21.7 Å². The molecule has 3 nitrogen and oxygen atoms in total. The van der Waals surface area contributed by atoms with Crippen molar-refractivity contribution >= 4 is 33.5 Å². The maximum atomic E-state index is 12.0. The van der Waals surface area contributed by atoms with E-state index in [1.54, 1.807) is 0 Å². The van der Waals surface area contributed by atoms with Crippen LogP contribution in [0.15, 0.2) is 12.1 Å². The Kier molecular flexibility index (Phi) is 4.49. The number of halogens is 4. The minimum atomic E-state index is -2.98. The molecule has 88 valence electrons. The van der Waals surface area contributed by atoms with Crippen molar-refractivity contribution in [1.29, 1.82) is 0 Å². The molecule has 0 bridgehead atoms. The summed E-state index contributed by atoms with van der Waals surface area (Å²) < 4.78 is 28.3. The van der Waals surface area contributed by atoms with E-state index >= 15 is 0 Å². The van der Waals surface area contributed by atoms with E-state index in [1.165, 1.54) is 6.07 Å². The van der Waals surface area contributed by atoms with Crippen molar-refractivity contribution in [3.63, 3.8) is 0 Å². The lowest BCUT2D eigenvalue weighted by Gasteiger charge is -2.10. The quantitative estimate of drug-likeness (QED) is 0.865. The van der Waals surface area contributed by atoms with E-state index in [0.29, 0.717) is 5.56 Å². The van der Waals surface area contributed by atoms with E-state index in [9.17, 15) is 13.6 Å². The fourth-order valence-electron chi connectivity index (χ4n) is 1.07. The first-order valence-electron chi connectivity index (χ1n) is 4.02. The summed E-state index contributed by atoms with van der Waals surface area (Å²) in [5.74, 6) is -1.36. The van der Waals surface area contributed by atoms with Gasteiger partial charge in [0.15, 0.2) is 0 Å². The van der Waals surface area contributed by atoms with Gasteiger partial charge in [-0.05, 0) is 6.07 Å². The van der Waals surface area contributed by atoms with Gasteiger partial charge in [0.05, 0.1) is 10.6 Å². The van der Waals surface area contributed by atoms with E-state index in [0.717, 1.165) is 6.07 Å². The molecule has 0 radical (unpaired) electrons. The first-order chi connectivity index (χ1) is 7.45. The van der Waals surface area contributed by atoms with Crippen LogP contribution in [0.25, 0.3) is 0 Å². The number of alkyl halides is 3. The molecule has 0 aliphatic heterocycles. The molecule has 0 aliphatic rings. The normalized spacial score (nSPS) is 10.6. The Morgan fingerprint density at radius 2 is 2.19 bits per heavy atom. The average Bonchev–Trinajstić information content (AvgIpc) is 2.16. The second-order valence-electron chi connectivity index (χ2n) is 2.76. The third kappa shape index (κ3) is 3.05. The molecule has 0 spiro atoms. The molecule has 7 heteroatoms. The number of hydrogen-bond donors (Lipinski definition) is 1. The van der Waals surface area contributed by atoms with Gasteiger partial charge in [-0.2, -0.15) is 8.78 Å². The van der Waals surface area contributed by atoms with Crippen LogP contribution < -0.4 is 4.74 Å². The number of aromatic carboxylic acids is 1. The van der Waals surface area contributed by atoms with Gasteiger partial charge in [-0.1, -0.05) is 27.5 Å². The van der Waals surface area contributed by atoms with Crippen LogP contribution in [0.5, 0.6) is 5.75 Å². The highest BCUT2D eigenvalue weighted by atomic mass is 79.9. The van der Waals surface area contributed by atoms with Crippen LogP contribution in [0.4, 0.5) is 8.78 Å². The summed E-state index contributed by atoms with van der Waals surface area (Å²) in [6.07, 6.45) is 0. The SMILES string of the molecule is O=C(O)c1cc(CBr)c(OC(F)F)cc1Cl. The first kappa shape index (κ1) is 13.2. The van der Waals surface area contributed by atoms with Crippen LogP contribution in [-0.4, -0.2) is 17.7 Å². The van der Waals surface area contributed by atoms with E-state index in [4.69, 9.17) is 16.7 Å². The molecule has 1 N–H and O–H groups in total. The summed E-state index contributed by atoms with van der Waals surface area (Å²) in [7, 11) is 0. The molecule has 16 heavy (non-hydrogen) atoms. The van der Waals surface area contributed by atoms with Gasteiger partial charge in [0.2, 0.25) is 0 Å². The zero-order valence-electron chi connectivity index (χ0n) is 7.71. The van der Waals surface area contributed by atoms with Gasteiger partial charge in [0.25, 0.3) is 0 Å². The summed E-state index contributed by atoms with van der Waals surface area (Å²) in [5.41, 5.74) is 0.139. The number of benzene rings is 1. The van der Waals surface area contributed by atoms with Crippen molar-refractivity contribution < 1.29 is 23.4 Å². The fourth-order valence-corrected chi connectivity index (χ4v) is 1.75. The Hall–Kier alpha value is -0.880. The molecule has 1 aromatic carbocycles. The predicted molar refractivity (Wildman–Crippen MR) is 57.7 cm³/mol. The minimum Gasteiger partial charge on any atom is -0.478 e. The molecule has 0 aliphatic carbocycles. The Morgan fingerprint density at radius 1 is 1.56 bits per heavy atom. The van der Waals surface area contributed by atoms with Crippen molar-refractivity contribution in [2.45, 2.75) is 11.9 Å². The van der Waals surface area contributed by atoms with Crippen molar-refractivity contribution in [2.24, 2.45) is 0 Å². The number of carboxylic acid groups (broad SMARTS) is 1. The number of rotatable bonds is 4. The summed E-state index contributed by atoms with van der Waals surface area (Å²) in [6.45, 7) is -2.98. The summed E-state index contributed by atoms with van der Waals surface area (Å²) in [4.78, 5) is 10.7. The lowest BCUT2D eigenvalue weighted by atomic mass is 10.1. The fraction of sp³-hybridized carbons (Fsp3) is 0.222. The smallest absolute Gasteiger partial charge is 0.387 e. The van der Waals surface area contributed by atoms with Crippen LogP contribution in [0, 0.1) is 0 Å². The first-order valence-corrected chi connectivity index (χ1v) is 5.52. The van der Waals surface area contributed by atoms with Crippen LogP contribution in [0.1, 0.15) is 15.9 Å². The standard InChI is InChI=1S/C9H6BrClF2O3/c10-3-4-1-5(8(14)15)6(11)2-7(4)16-9(12)13/h1-2,9H,3H2,(H,14,15). The zero-order chi connectivity index (χ0) is 12.3. The third-order valence-corrected chi connectivity index (χ3v) is 2.66. The molecule has 1 rings (SSSR count). The Labute approximate surface area is 103 Å². The van der Waals surface area contributed by atoms with Crippen LogP contribution in [0.2, 0.25) is 5.02 Å². The van der Waals surface area contributed by atoms with Crippen LogP contribution >= 0.6 is 27.5 Å². The van der Waals surface area contributed by atoms with Crippen LogP contribution in [-0.2, 0) is 5.33 Å². The van der Waals surface area contributed by atoms with Gasteiger partial charge >= 0.3 is 12.6 Å². The second kappa shape index (κ2) is 5.45. The van der Waals surface area contributed by atoms with Gasteiger partial charge in [0, 0.05) is 17.0 Å². The van der Waals surface area contributed by atoms with Crippen molar-refractivity contribution in [2.75, 3.05) is 0 Å². The highest BCUT2D eigenvalue weighted by Gasteiger charge is 2.16. The van der Waals surface area contributed by atoms with Crippen LogP contribution in [0.3, 0.4) is 0 Å². The molecular formula is C9H6BrClF2O3. The topological polar surface area (TPSA) is 46.5 Å². The average molecular weight is 315 g/mol. The predicted octanol–water partition coefficient (Wildman–Crippen LogP) is 3.53. The van der Waals surface area contributed by atoms with E-state index in [1.807, 2.05) is 0 Å². The maximum Gasteiger partial charge on any atom is 0.387 e.